The van der Waals surface area contributed by atoms with Crippen LogP contribution in [-0.2, 0) is 18.4 Å². The Kier molecular flexibility index (Phi) is 5.72. The number of ether oxygens (including phenoxy) is 1. The Morgan fingerprint density at radius 2 is 1.53 bits per heavy atom. The van der Waals surface area contributed by atoms with Crippen molar-refractivity contribution in [2.75, 3.05) is 12.4 Å². The molecule has 0 saturated heterocycles. The maximum atomic E-state index is 13.8. The van der Waals surface area contributed by atoms with E-state index in [4.69, 9.17) is 4.74 Å². The predicted molar refractivity (Wildman–Crippen MR) is 141 cm³/mol. The highest BCUT2D eigenvalue weighted by Crippen LogP contribution is 2.29. The molecule has 5 rings (SSSR count). The van der Waals surface area contributed by atoms with Crippen molar-refractivity contribution in [1.29, 1.82) is 0 Å². The van der Waals surface area contributed by atoms with Crippen LogP contribution >= 0.6 is 0 Å². The zero-order chi connectivity index (χ0) is 25.6. The number of hydrogen-bond acceptors (Lipinski definition) is 4. The van der Waals surface area contributed by atoms with E-state index in [0.717, 1.165) is 21.2 Å². The standard InChI is InChI=1S/C28H26N4O4/c1-17-5-9-19(10-6-17)29-24(33)16-31-25-22-15-21(36-4)13-14-23(22)30(3)26(25)27(34)32(28(31)35)20-11-7-18(2)8-12-20/h5-15H,16H2,1-4H3,(H,29,33). The highest BCUT2D eigenvalue weighted by Gasteiger charge is 2.23. The topological polar surface area (TPSA) is 87.3 Å². The van der Waals surface area contributed by atoms with Gasteiger partial charge in [-0.2, -0.15) is 0 Å². The van der Waals surface area contributed by atoms with Crippen molar-refractivity contribution in [1.82, 2.24) is 13.7 Å². The number of hydrogen-bond donors (Lipinski definition) is 1. The number of amides is 1. The fourth-order valence-corrected chi connectivity index (χ4v) is 4.51. The van der Waals surface area contributed by atoms with Crippen molar-refractivity contribution < 1.29 is 9.53 Å². The first-order valence-corrected chi connectivity index (χ1v) is 11.5. The third-order valence-corrected chi connectivity index (χ3v) is 6.41. The van der Waals surface area contributed by atoms with Crippen molar-refractivity contribution in [3.63, 3.8) is 0 Å². The highest BCUT2D eigenvalue weighted by molar-refractivity contribution is 6.07. The van der Waals surface area contributed by atoms with Crippen molar-refractivity contribution in [2.45, 2.75) is 20.4 Å². The van der Waals surface area contributed by atoms with Gasteiger partial charge in [-0.25, -0.2) is 9.36 Å². The number of aromatic nitrogens is 3. The van der Waals surface area contributed by atoms with Gasteiger partial charge in [-0.15, -0.1) is 0 Å². The summed E-state index contributed by atoms with van der Waals surface area (Å²) in [6.07, 6.45) is 0. The van der Waals surface area contributed by atoms with Gasteiger partial charge in [0.05, 0.1) is 23.8 Å². The summed E-state index contributed by atoms with van der Waals surface area (Å²) in [7, 11) is 3.33. The molecule has 0 unspecified atom stereocenters. The van der Waals surface area contributed by atoms with E-state index in [-0.39, 0.29) is 12.5 Å². The number of fused-ring (bicyclic) bond motifs is 3. The van der Waals surface area contributed by atoms with Gasteiger partial charge in [0.1, 0.15) is 17.8 Å². The molecule has 1 amide bonds. The first kappa shape index (κ1) is 23.2. The molecule has 36 heavy (non-hydrogen) atoms. The van der Waals surface area contributed by atoms with Crippen LogP contribution in [0.1, 0.15) is 11.1 Å². The van der Waals surface area contributed by atoms with Crippen molar-refractivity contribution in [3.8, 4) is 11.4 Å². The van der Waals surface area contributed by atoms with Gasteiger partial charge in [-0.3, -0.25) is 14.2 Å². The van der Waals surface area contributed by atoms with E-state index in [0.29, 0.717) is 33.5 Å². The molecule has 2 heterocycles. The summed E-state index contributed by atoms with van der Waals surface area (Å²) >= 11 is 0. The van der Waals surface area contributed by atoms with Crippen molar-refractivity contribution in [2.24, 2.45) is 7.05 Å². The molecule has 8 nitrogen and oxygen atoms in total. The molecule has 5 aromatic rings. The smallest absolute Gasteiger partial charge is 0.336 e. The van der Waals surface area contributed by atoms with Crippen LogP contribution in [0.25, 0.3) is 27.6 Å². The molecule has 3 aromatic carbocycles. The van der Waals surface area contributed by atoms with Crippen LogP contribution < -0.4 is 21.3 Å². The van der Waals surface area contributed by atoms with E-state index in [1.165, 1.54) is 4.57 Å². The Morgan fingerprint density at radius 1 is 0.889 bits per heavy atom. The molecule has 0 radical (unpaired) electrons. The number of benzene rings is 3. The number of carbonyl (C=O) groups excluding carboxylic acids is 1. The van der Waals surface area contributed by atoms with Crippen LogP contribution in [0.5, 0.6) is 5.75 Å². The summed E-state index contributed by atoms with van der Waals surface area (Å²) in [6, 6.07) is 20.0. The average Bonchev–Trinajstić information content (AvgIpc) is 3.16. The maximum Gasteiger partial charge on any atom is 0.336 e. The quantitative estimate of drug-likeness (QED) is 0.412. The van der Waals surface area contributed by atoms with Gasteiger partial charge < -0.3 is 14.6 Å². The molecule has 0 spiro atoms. The van der Waals surface area contributed by atoms with E-state index in [1.54, 1.807) is 43.0 Å². The highest BCUT2D eigenvalue weighted by atomic mass is 16.5. The zero-order valence-electron chi connectivity index (χ0n) is 20.5. The largest absolute Gasteiger partial charge is 0.497 e. The monoisotopic (exact) mass is 482 g/mol. The normalized spacial score (nSPS) is 11.2. The van der Waals surface area contributed by atoms with E-state index in [9.17, 15) is 14.4 Å². The minimum Gasteiger partial charge on any atom is -0.497 e. The lowest BCUT2D eigenvalue weighted by molar-refractivity contribution is -0.116. The fourth-order valence-electron chi connectivity index (χ4n) is 4.51. The first-order valence-electron chi connectivity index (χ1n) is 11.5. The van der Waals surface area contributed by atoms with Gasteiger partial charge in [0.25, 0.3) is 5.56 Å². The second-order valence-corrected chi connectivity index (χ2v) is 8.90. The van der Waals surface area contributed by atoms with Crippen LogP contribution in [0.3, 0.4) is 0 Å². The number of carbonyl (C=O) groups is 1. The maximum absolute atomic E-state index is 13.8. The average molecular weight is 483 g/mol. The molecular formula is C28H26N4O4. The molecule has 8 heteroatoms. The van der Waals surface area contributed by atoms with Crippen molar-refractivity contribution >= 4 is 33.5 Å². The molecular weight excluding hydrogens is 456 g/mol. The van der Waals surface area contributed by atoms with Gasteiger partial charge in [0.2, 0.25) is 5.91 Å². The number of methoxy groups -OCH3 is 1. The molecule has 0 aliphatic heterocycles. The Bertz CT molecular complexity index is 1740. The summed E-state index contributed by atoms with van der Waals surface area (Å²) in [5, 5.41) is 3.50. The summed E-state index contributed by atoms with van der Waals surface area (Å²) in [4.78, 5) is 40.7. The summed E-state index contributed by atoms with van der Waals surface area (Å²) in [5.41, 5.74) is 3.55. The molecule has 2 aromatic heterocycles. The third-order valence-electron chi connectivity index (χ3n) is 6.41. The lowest BCUT2D eigenvalue weighted by Crippen LogP contribution is -2.41. The second-order valence-electron chi connectivity index (χ2n) is 8.90. The number of rotatable bonds is 5. The summed E-state index contributed by atoms with van der Waals surface area (Å²) in [5.74, 6) is 0.206. The minimum atomic E-state index is -0.592. The van der Waals surface area contributed by atoms with Crippen LogP contribution in [-0.4, -0.2) is 26.7 Å². The molecule has 1 N–H and O–H groups in total. The minimum absolute atomic E-state index is 0.272. The SMILES string of the molecule is COc1ccc2c(c1)c1c(c(=O)n(-c3ccc(C)cc3)c(=O)n1CC(=O)Nc1ccc(C)cc1)n2C. The van der Waals surface area contributed by atoms with Gasteiger partial charge in [-0.05, 0) is 56.3 Å². The second kappa shape index (κ2) is 8.88. The van der Waals surface area contributed by atoms with Gasteiger partial charge in [0.15, 0.2) is 0 Å². The van der Waals surface area contributed by atoms with E-state index >= 15 is 0 Å². The molecule has 0 aliphatic carbocycles. The zero-order valence-corrected chi connectivity index (χ0v) is 20.5. The Labute approximate surface area is 207 Å². The van der Waals surface area contributed by atoms with Crippen molar-refractivity contribution in [3.05, 3.63) is 98.7 Å². The van der Waals surface area contributed by atoms with Gasteiger partial charge in [-0.1, -0.05) is 35.4 Å². The number of aryl methyl sites for hydroxylation is 3. The summed E-state index contributed by atoms with van der Waals surface area (Å²) in [6.45, 7) is 3.62. The summed E-state index contributed by atoms with van der Waals surface area (Å²) < 4.78 is 9.64. The van der Waals surface area contributed by atoms with E-state index in [1.807, 2.05) is 56.3 Å². The number of nitrogens with one attached hydrogen (secondary N) is 1. The van der Waals surface area contributed by atoms with Crippen LogP contribution in [0, 0.1) is 13.8 Å². The van der Waals surface area contributed by atoms with Gasteiger partial charge in [0, 0.05) is 18.1 Å². The van der Waals surface area contributed by atoms with Crippen LogP contribution in [0.4, 0.5) is 5.69 Å². The Morgan fingerprint density at radius 3 is 2.17 bits per heavy atom. The molecule has 0 saturated carbocycles. The first-order chi connectivity index (χ1) is 17.3. The van der Waals surface area contributed by atoms with E-state index in [2.05, 4.69) is 5.32 Å². The Balaban J connectivity index is 1.77. The molecule has 0 fully saturated rings. The molecule has 0 aliphatic rings. The number of anilines is 1. The molecule has 0 bridgehead atoms. The molecule has 0 atom stereocenters. The van der Waals surface area contributed by atoms with Crippen LogP contribution in [0.2, 0.25) is 0 Å². The predicted octanol–water partition coefficient (Wildman–Crippen LogP) is 3.91. The van der Waals surface area contributed by atoms with E-state index < -0.39 is 11.2 Å². The molecule has 182 valence electrons. The lowest BCUT2D eigenvalue weighted by Gasteiger charge is -2.14. The number of nitrogens with zero attached hydrogens (tertiary/aromatic N) is 3. The van der Waals surface area contributed by atoms with Crippen LogP contribution in [0.15, 0.2) is 76.3 Å². The third kappa shape index (κ3) is 3.86. The van der Waals surface area contributed by atoms with Gasteiger partial charge >= 0.3 is 5.69 Å². The fraction of sp³-hybridized carbons (Fsp3) is 0.179. The lowest BCUT2D eigenvalue weighted by atomic mass is 10.2. The Hall–Kier alpha value is -4.59.